The second kappa shape index (κ2) is 7.80. The molecule has 2 unspecified atom stereocenters. The second-order valence-electron chi connectivity index (χ2n) is 4.00. The van der Waals surface area contributed by atoms with E-state index in [0.717, 1.165) is 12.8 Å². The van der Waals surface area contributed by atoms with Gasteiger partial charge >= 0.3 is 0 Å². The van der Waals surface area contributed by atoms with Gasteiger partial charge in [0.1, 0.15) is 6.10 Å². The van der Waals surface area contributed by atoms with E-state index in [1.165, 1.54) is 0 Å². The summed E-state index contributed by atoms with van der Waals surface area (Å²) in [6.07, 6.45) is 1.12. The average Bonchev–Trinajstić information content (AvgIpc) is 2.77. The highest BCUT2D eigenvalue weighted by Gasteiger charge is 2.19. The van der Waals surface area contributed by atoms with Crippen LogP contribution < -0.4 is 0 Å². The van der Waals surface area contributed by atoms with Crippen LogP contribution in [-0.2, 0) is 11.2 Å². The van der Waals surface area contributed by atoms with Crippen molar-refractivity contribution < 1.29 is 14.4 Å². The van der Waals surface area contributed by atoms with Crippen molar-refractivity contribution in [2.75, 3.05) is 6.61 Å². The third-order valence-electron chi connectivity index (χ3n) is 2.43. The zero-order valence-corrected chi connectivity index (χ0v) is 10.8. The van der Waals surface area contributed by atoms with Crippen LogP contribution in [0.5, 0.6) is 0 Å². The van der Waals surface area contributed by atoms with E-state index in [9.17, 15) is 5.11 Å². The molecular formula is C12H19N3O3. The summed E-state index contributed by atoms with van der Waals surface area (Å²) in [6.45, 7) is 4.57. The summed E-state index contributed by atoms with van der Waals surface area (Å²) in [4.78, 5) is 4.20. The maximum atomic E-state index is 9.48. The van der Waals surface area contributed by atoms with E-state index in [-0.39, 0.29) is 18.9 Å². The van der Waals surface area contributed by atoms with Gasteiger partial charge in [-0.1, -0.05) is 18.5 Å². The maximum Gasteiger partial charge on any atom is 0.229 e. The second-order valence-corrected chi connectivity index (χ2v) is 4.00. The molecule has 0 aliphatic carbocycles. The summed E-state index contributed by atoms with van der Waals surface area (Å²) in [5, 5.41) is 21.8. The Morgan fingerprint density at radius 1 is 1.50 bits per heavy atom. The van der Waals surface area contributed by atoms with Gasteiger partial charge in [-0.3, -0.25) is 0 Å². The van der Waals surface area contributed by atoms with Crippen LogP contribution >= 0.6 is 0 Å². The molecule has 1 heterocycles. The molecule has 18 heavy (non-hydrogen) atoms. The monoisotopic (exact) mass is 253 g/mol. The van der Waals surface area contributed by atoms with Crippen molar-refractivity contribution in [2.24, 2.45) is 0 Å². The summed E-state index contributed by atoms with van der Waals surface area (Å²) in [5.74, 6) is 0.853. The molecule has 6 nitrogen and oxygen atoms in total. The topological polar surface area (TPSA) is 92.2 Å². The van der Waals surface area contributed by atoms with Gasteiger partial charge in [-0.25, -0.2) is 0 Å². The number of aromatic nitrogens is 2. The lowest BCUT2D eigenvalue weighted by molar-refractivity contribution is 0.0477. The van der Waals surface area contributed by atoms with Crippen molar-refractivity contribution >= 4 is 0 Å². The molecule has 100 valence electrons. The van der Waals surface area contributed by atoms with Crippen LogP contribution in [0.15, 0.2) is 4.52 Å². The standard InChI is InChI=1S/C12H19N3O3/c1-3-5-10(17-4-2)12-14-11(18-15-12)8-9(16)6-7-13/h9-10,16H,3-6,8H2,1-2H3. The largest absolute Gasteiger partial charge is 0.392 e. The lowest BCUT2D eigenvalue weighted by Gasteiger charge is -2.11. The molecule has 0 aliphatic heterocycles. The van der Waals surface area contributed by atoms with Crippen LogP contribution in [-0.4, -0.2) is 28.0 Å². The fourth-order valence-corrected chi connectivity index (χ4v) is 1.61. The van der Waals surface area contributed by atoms with Gasteiger partial charge in [0.2, 0.25) is 11.7 Å². The number of aliphatic hydroxyl groups is 1. The first-order valence-corrected chi connectivity index (χ1v) is 6.20. The van der Waals surface area contributed by atoms with E-state index >= 15 is 0 Å². The van der Waals surface area contributed by atoms with Gasteiger partial charge < -0.3 is 14.4 Å². The average molecular weight is 253 g/mol. The van der Waals surface area contributed by atoms with E-state index < -0.39 is 6.10 Å². The first-order valence-electron chi connectivity index (χ1n) is 6.20. The van der Waals surface area contributed by atoms with E-state index in [2.05, 4.69) is 17.1 Å². The molecule has 0 saturated carbocycles. The SMILES string of the molecule is CCCC(OCC)c1noc(CC(O)CC#N)n1. The van der Waals surface area contributed by atoms with E-state index in [1.54, 1.807) is 0 Å². The van der Waals surface area contributed by atoms with E-state index in [4.69, 9.17) is 14.5 Å². The lowest BCUT2D eigenvalue weighted by atomic mass is 10.2. The van der Waals surface area contributed by atoms with Crippen LogP contribution in [0, 0.1) is 11.3 Å². The van der Waals surface area contributed by atoms with Crippen molar-refractivity contribution in [3.63, 3.8) is 0 Å². The van der Waals surface area contributed by atoms with Crippen LogP contribution in [0.4, 0.5) is 0 Å². The zero-order valence-electron chi connectivity index (χ0n) is 10.8. The van der Waals surface area contributed by atoms with Gasteiger partial charge in [0.15, 0.2) is 0 Å². The molecule has 2 atom stereocenters. The first-order chi connectivity index (χ1) is 8.71. The Hall–Kier alpha value is -1.45. The lowest BCUT2D eigenvalue weighted by Crippen LogP contribution is -2.10. The molecule has 0 saturated heterocycles. The van der Waals surface area contributed by atoms with Gasteiger partial charge in [-0.05, 0) is 13.3 Å². The van der Waals surface area contributed by atoms with Crippen molar-refractivity contribution in [3.05, 3.63) is 11.7 Å². The molecule has 0 bridgehead atoms. The number of nitriles is 1. The zero-order chi connectivity index (χ0) is 13.4. The molecule has 0 aliphatic rings. The number of nitrogens with zero attached hydrogens (tertiary/aromatic N) is 3. The van der Waals surface area contributed by atoms with Gasteiger partial charge in [0.25, 0.3) is 0 Å². The van der Waals surface area contributed by atoms with E-state index in [0.29, 0.717) is 18.3 Å². The van der Waals surface area contributed by atoms with Crippen molar-refractivity contribution in [3.8, 4) is 6.07 Å². The van der Waals surface area contributed by atoms with Gasteiger partial charge in [-0.2, -0.15) is 10.2 Å². The van der Waals surface area contributed by atoms with Gasteiger partial charge in [0, 0.05) is 6.61 Å². The minimum atomic E-state index is -0.764. The number of aliphatic hydroxyl groups excluding tert-OH is 1. The smallest absolute Gasteiger partial charge is 0.229 e. The maximum absolute atomic E-state index is 9.48. The number of hydrogen-bond acceptors (Lipinski definition) is 6. The molecule has 0 aromatic carbocycles. The summed E-state index contributed by atoms with van der Waals surface area (Å²) in [5.41, 5.74) is 0. The predicted octanol–water partition coefficient (Wildman–Crippen LogP) is 1.76. The third kappa shape index (κ3) is 4.43. The number of rotatable bonds is 8. The third-order valence-corrected chi connectivity index (χ3v) is 2.43. The molecule has 0 spiro atoms. The molecule has 1 N–H and O–H groups in total. The Balaban J connectivity index is 2.63. The minimum Gasteiger partial charge on any atom is -0.392 e. The Morgan fingerprint density at radius 2 is 2.28 bits per heavy atom. The highest BCUT2D eigenvalue weighted by molar-refractivity contribution is 4.93. The summed E-state index contributed by atoms with van der Waals surface area (Å²) in [6, 6.07) is 1.89. The quantitative estimate of drug-likeness (QED) is 0.759. The summed E-state index contributed by atoms with van der Waals surface area (Å²) in [7, 11) is 0. The normalized spacial score (nSPS) is 14.1. The Kier molecular flexibility index (Phi) is 6.33. The fourth-order valence-electron chi connectivity index (χ4n) is 1.61. The molecule has 6 heteroatoms. The summed E-state index contributed by atoms with van der Waals surface area (Å²) >= 11 is 0. The predicted molar refractivity (Wildman–Crippen MR) is 63.5 cm³/mol. The van der Waals surface area contributed by atoms with Crippen LogP contribution in [0.25, 0.3) is 0 Å². The van der Waals surface area contributed by atoms with Crippen LogP contribution in [0.1, 0.15) is 50.9 Å². The molecule has 1 aromatic rings. The van der Waals surface area contributed by atoms with Gasteiger partial charge in [0.05, 0.1) is 25.0 Å². The molecule has 1 rings (SSSR count). The number of ether oxygens (including phenoxy) is 1. The van der Waals surface area contributed by atoms with Crippen molar-refractivity contribution in [1.29, 1.82) is 5.26 Å². The van der Waals surface area contributed by atoms with Gasteiger partial charge in [-0.15, -0.1) is 0 Å². The molecule has 0 amide bonds. The Morgan fingerprint density at radius 3 is 2.89 bits per heavy atom. The Labute approximate surface area is 107 Å². The summed E-state index contributed by atoms with van der Waals surface area (Å²) < 4.78 is 10.6. The van der Waals surface area contributed by atoms with E-state index in [1.807, 2.05) is 13.0 Å². The Bertz CT molecular complexity index is 380. The molecule has 0 radical (unpaired) electrons. The van der Waals surface area contributed by atoms with Crippen LogP contribution in [0.2, 0.25) is 0 Å². The molecule has 1 aromatic heterocycles. The first kappa shape index (κ1) is 14.6. The van der Waals surface area contributed by atoms with Crippen molar-refractivity contribution in [1.82, 2.24) is 10.1 Å². The van der Waals surface area contributed by atoms with Crippen LogP contribution in [0.3, 0.4) is 0 Å². The number of hydrogen-bond donors (Lipinski definition) is 1. The highest BCUT2D eigenvalue weighted by Crippen LogP contribution is 2.20. The molecule has 0 fully saturated rings. The minimum absolute atomic E-state index is 0.0571. The molecular weight excluding hydrogens is 234 g/mol. The fraction of sp³-hybridized carbons (Fsp3) is 0.750. The highest BCUT2D eigenvalue weighted by atomic mass is 16.5. The van der Waals surface area contributed by atoms with Crippen molar-refractivity contribution in [2.45, 2.75) is 51.7 Å².